The predicted octanol–water partition coefficient (Wildman–Crippen LogP) is 1.56. The molecule has 0 aromatic carbocycles. The fourth-order valence-corrected chi connectivity index (χ4v) is 0.951. The van der Waals surface area contributed by atoms with Gasteiger partial charge in [-0.2, -0.15) is 0 Å². The summed E-state index contributed by atoms with van der Waals surface area (Å²) in [4.78, 5) is 2.69. The lowest BCUT2D eigenvalue weighted by molar-refractivity contribution is 0.468. The second-order valence-electron chi connectivity index (χ2n) is 1.72. The Kier molecular flexibility index (Phi) is 1.38. The second-order valence-corrected chi connectivity index (χ2v) is 2.78. The van der Waals surface area contributed by atoms with Crippen molar-refractivity contribution in [3.63, 3.8) is 0 Å². The van der Waals surface area contributed by atoms with E-state index in [0.29, 0.717) is 4.95 Å². The zero-order valence-electron chi connectivity index (χ0n) is 4.26. The molecular weight excluding hydrogens is 154 g/mol. The molecule has 0 aliphatic carbocycles. The van der Waals surface area contributed by atoms with E-state index in [1.807, 2.05) is 0 Å². The lowest BCUT2D eigenvalue weighted by atomic mass is 10.5. The average molecular weight is 162 g/mol. The highest BCUT2D eigenvalue weighted by Gasteiger charge is 2.08. The molecule has 1 rings (SSSR count). The Labute approximate surface area is 52.1 Å². The van der Waals surface area contributed by atoms with Gasteiger partial charge < -0.3 is 4.90 Å². The summed E-state index contributed by atoms with van der Waals surface area (Å²) in [7, 11) is 2.06. The van der Waals surface area contributed by atoms with Crippen molar-refractivity contribution in [1.82, 2.24) is 4.90 Å². The summed E-state index contributed by atoms with van der Waals surface area (Å²) in [5.74, 6) is 0. The van der Waals surface area contributed by atoms with E-state index in [1.54, 1.807) is 0 Å². The minimum atomic E-state index is 0.549. The SMILES string of the molecule is CN1C=CCC1Br. The second kappa shape index (κ2) is 1.86. The Morgan fingerprint density at radius 2 is 2.57 bits per heavy atom. The molecule has 40 valence electrons. The molecule has 0 spiro atoms. The summed E-state index contributed by atoms with van der Waals surface area (Å²) in [6.07, 6.45) is 5.37. The summed E-state index contributed by atoms with van der Waals surface area (Å²) >= 11 is 3.47. The third kappa shape index (κ3) is 0.969. The molecule has 7 heavy (non-hydrogen) atoms. The van der Waals surface area contributed by atoms with E-state index >= 15 is 0 Å². The Morgan fingerprint density at radius 3 is 2.71 bits per heavy atom. The van der Waals surface area contributed by atoms with Crippen LogP contribution in [0.4, 0.5) is 0 Å². The first kappa shape index (κ1) is 5.16. The number of nitrogens with zero attached hydrogens (tertiary/aromatic N) is 1. The van der Waals surface area contributed by atoms with Crippen LogP contribution in [-0.2, 0) is 0 Å². The van der Waals surface area contributed by atoms with Crippen LogP contribution >= 0.6 is 15.9 Å². The molecule has 1 heterocycles. The molecule has 1 nitrogen and oxygen atoms in total. The van der Waals surface area contributed by atoms with Crippen LogP contribution in [0.3, 0.4) is 0 Å². The van der Waals surface area contributed by atoms with E-state index < -0.39 is 0 Å². The minimum Gasteiger partial charge on any atom is -0.368 e. The molecule has 1 aliphatic heterocycles. The van der Waals surface area contributed by atoms with Crippen molar-refractivity contribution in [1.29, 1.82) is 0 Å². The number of hydrogen-bond acceptors (Lipinski definition) is 1. The highest BCUT2D eigenvalue weighted by molar-refractivity contribution is 9.09. The van der Waals surface area contributed by atoms with Crippen LogP contribution in [0, 0.1) is 0 Å². The highest BCUT2D eigenvalue weighted by Crippen LogP contribution is 2.16. The molecule has 0 aromatic rings. The number of rotatable bonds is 0. The van der Waals surface area contributed by atoms with E-state index in [-0.39, 0.29) is 0 Å². The molecule has 0 radical (unpaired) electrons. The van der Waals surface area contributed by atoms with Gasteiger partial charge in [0.1, 0.15) is 0 Å². The standard InChI is InChI=1S/C5H8BrN/c1-7-4-2-3-5(7)6/h2,4-5H,3H2,1H3. The van der Waals surface area contributed by atoms with Crippen LogP contribution < -0.4 is 0 Å². The summed E-state index contributed by atoms with van der Waals surface area (Å²) in [6, 6.07) is 0. The van der Waals surface area contributed by atoms with Crippen LogP contribution in [0.5, 0.6) is 0 Å². The molecule has 0 N–H and O–H groups in total. The van der Waals surface area contributed by atoms with Gasteiger partial charge in [0.05, 0.1) is 4.95 Å². The highest BCUT2D eigenvalue weighted by atomic mass is 79.9. The Bertz CT molecular complexity index is 90.1. The van der Waals surface area contributed by atoms with Crippen LogP contribution in [0.25, 0.3) is 0 Å². The van der Waals surface area contributed by atoms with Crippen LogP contribution in [-0.4, -0.2) is 16.9 Å². The maximum atomic E-state index is 3.47. The summed E-state index contributed by atoms with van der Waals surface area (Å²) in [5, 5.41) is 0. The van der Waals surface area contributed by atoms with E-state index in [0.717, 1.165) is 6.42 Å². The summed E-state index contributed by atoms with van der Waals surface area (Å²) < 4.78 is 0. The van der Waals surface area contributed by atoms with Crippen LogP contribution in [0.2, 0.25) is 0 Å². The van der Waals surface area contributed by atoms with Gasteiger partial charge in [-0.05, 0) is 12.6 Å². The molecular formula is C5H8BrN. The molecule has 0 saturated heterocycles. The van der Waals surface area contributed by atoms with Gasteiger partial charge in [-0.15, -0.1) is 0 Å². The molecule has 0 fully saturated rings. The Hall–Kier alpha value is 0.0200. The zero-order valence-corrected chi connectivity index (χ0v) is 5.85. The van der Waals surface area contributed by atoms with Crippen molar-refractivity contribution in [2.45, 2.75) is 11.4 Å². The monoisotopic (exact) mass is 161 g/mol. The molecule has 0 bridgehead atoms. The number of alkyl halides is 1. The van der Waals surface area contributed by atoms with Crippen molar-refractivity contribution in [3.05, 3.63) is 12.3 Å². The van der Waals surface area contributed by atoms with Gasteiger partial charge in [0.25, 0.3) is 0 Å². The first-order chi connectivity index (χ1) is 3.30. The van der Waals surface area contributed by atoms with Gasteiger partial charge in [0.15, 0.2) is 0 Å². The van der Waals surface area contributed by atoms with E-state index in [2.05, 4.69) is 40.2 Å². The first-order valence-electron chi connectivity index (χ1n) is 2.33. The summed E-state index contributed by atoms with van der Waals surface area (Å²) in [5.41, 5.74) is 0. The summed E-state index contributed by atoms with van der Waals surface area (Å²) in [6.45, 7) is 0. The van der Waals surface area contributed by atoms with Gasteiger partial charge >= 0.3 is 0 Å². The fourth-order valence-electron chi connectivity index (χ4n) is 0.599. The molecule has 0 aromatic heterocycles. The molecule has 1 unspecified atom stereocenters. The third-order valence-electron chi connectivity index (χ3n) is 1.11. The first-order valence-corrected chi connectivity index (χ1v) is 3.25. The zero-order chi connectivity index (χ0) is 5.28. The Balaban J connectivity index is 2.45. The maximum absolute atomic E-state index is 3.47. The lowest BCUT2D eigenvalue weighted by Crippen LogP contribution is -2.14. The van der Waals surface area contributed by atoms with E-state index in [9.17, 15) is 0 Å². The quantitative estimate of drug-likeness (QED) is 0.386. The van der Waals surface area contributed by atoms with Crippen LogP contribution in [0.15, 0.2) is 12.3 Å². The molecule has 1 aliphatic rings. The molecule has 0 saturated carbocycles. The topological polar surface area (TPSA) is 3.24 Å². The molecule has 0 amide bonds. The number of halogens is 1. The van der Waals surface area contributed by atoms with Crippen molar-refractivity contribution in [3.8, 4) is 0 Å². The van der Waals surface area contributed by atoms with Crippen molar-refractivity contribution < 1.29 is 0 Å². The maximum Gasteiger partial charge on any atom is 0.0871 e. The van der Waals surface area contributed by atoms with Crippen molar-refractivity contribution in [2.75, 3.05) is 7.05 Å². The lowest BCUT2D eigenvalue weighted by Gasteiger charge is -2.12. The van der Waals surface area contributed by atoms with Gasteiger partial charge in [0.2, 0.25) is 0 Å². The predicted molar refractivity (Wildman–Crippen MR) is 34.2 cm³/mol. The Morgan fingerprint density at radius 1 is 1.86 bits per heavy atom. The minimum absolute atomic E-state index is 0.549. The van der Waals surface area contributed by atoms with Gasteiger partial charge in [-0.25, -0.2) is 0 Å². The fraction of sp³-hybridized carbons (Fsp3) is 0.600. The van der Waals surface area contributed by atoms with Gasteiger partial charge in [0, 0.05) is 7.05 Å². The van der Waals surface area contributed by atoms with Crippen molar-refractivity contribution in [2.24, 2.45) is 0 Å². The number of hydrogen-bond donors (Lipinski definition) is 0. The molecule has 2 heteroatoms. The van der Waals surface area contributed by atoms with Crippen molar-refractivity contribution >= 4 is 15.9 Å². The van der Waals surface area contributed by atoms with Gasteiger partial charge in [-0.3, -0.25) is 0 Å². The smallest absolute Gasteiger partial charge is 0.0871 e. The average Bonchev–Trinajstić information content (AvgIpc) is 1.91. The largest absolute Gasteiger partial charge is 0.368 e. The molecule has 1 atom stereocenters. The van der Waals surface area contributed by atoms with E-state index in [4.69, 9.17) is 0 Å². The third-order valence-corrected chi connectivity index (χ3v) is 2.13. The van der Waals surface area contributed by atoms with Gasteiger partial charge in [-0.1, -0.05) is 22.0 Å². The normalized spacial score (nSPS) is 29.4. The van der Waals surface area contributed by atoms with E-state index in [1.165, 1.54) is 0 Å². The van der Waals surface area contributed by atoms with Crippen LogP contribution in [0.1, 0.15) is 6.42 Å².